The fraction of sp³-hybridized carbons (Fsp3) is 1.00. The Kier molecular flexibility index (Phi) is 3.13. The van der Waals surface area contributed by atoms with Crippen molar-refractivity contribution in [2.24, 2.45) is 5.41 Å². The number of hydrogen-bond donors (Lipinski definition) is 1. The number of aliphatic hydroxyl groups excluding tert-OH is 1. The summed E-state index contributed by atoms with van der Waals surface area (Å²) in [6.07, 6.45) is 8.51. The van der Waals surface area contributed by atoms with E-state index >= 15 is 0 Å². The Morgan fingerprint density at radius 1 is 1.29 bits per heavy atom. The Balaban J connectivity index is 1.92. The lowest BCUT2D eigenvalue weighted by molar-refractivity contribution is -0.206. The maximum atomic E-state index is 9.91. The van der Waals surface area contributed by atoms with E-state index in [-0.39, 0.29) is 11.5 Å². The maximum absolute atomic E-state index is 9.91. The van der Waals surface area contributed by atoms with E-state index in [1.54, 1.807) is 0 Å². The van der Waals surface area contributed by atoms with Crippen LogP contribution in [0.15, 0.2) is 0 Å². The van der Waals surface area contributed by atoms with Crippen LogP contribution in [0, 0.1) is 5.41 Å². The van der Waals surface area contributed by atoms with E-state index in [2.05, 4.69) is 6.92 Å². The highest BCUT2D eigenvalue weighted by molar-refractivity contribution is 5.05. The van der Waals surface area contributed by atoms with Gasteiger partial charge >= 0.3 is 0 Å². The molecular weight excluding hydrogens is 176 g/mol. The van der Waals surface area contributed by atoms with Gasteiger partial charge in [0.25, 0.3) is 0 Å². The van der Waals surface area contributed by atoms with E-state index in [0.717, 1.165) is 19.4 Å². The third-order valence-corrected chi connectivity index (χ3v) is 4.05. The van der Waals surface area contributed by atoms with Crippen molar-refractivity contribution in [3.63, 3.8) is 0 Å². The first-order chi connectivity index (χ1) is 6.79. The fourth-order valence-electron chi connectivity index (χ4n) is 3.09. The number of rotatable bonds is 3. The number of aliphatic hydroxyl groups is 1. The van der Waals surface area contributed by atoms with Crippen molar-refractivity contribution in [3.8, 4) is 0 Å². The van der Waals surface area contributed by atoms with Crippen molar-refractivity contribution in [1.29, 1.82) is 0 Å². The van der Waals surface area contributed by atoms with Gasteiger partial charge in [0.05, 0.1) is 12.2 Å². The van der Waals surface area contributed by atoms with E-state index in [9.17, 15) is 5.11 Å². The van der Waals surface area contributed by atoms with Crippen molar-refractivity contribution in [1.82, 2.24) is 0 Å². The second kappa shape index (κ2) is 4.19. The van der Waals surface area contributed by atoms with Crippen molar-refractivity contribution >= 4 is 0 Å². The van der Waals surface area contributed by atoms with E-state index in [1.165, 1.54) is 32.1 Å². The van der Waals surface area contributed by atoms with Crippen LogP contribution in [-0.2, 0) is 4.74 Å². The number of ether oxygens (including phenoxy) is 1. The molecule has 0 aromatic rings. The van der Waals surface area contributed by atoms with Crippen molar-refractivity contribution < 1.29 is 9.84 Å². The fourth-order valence-corrected chi connectivity index (χ4v) is 3.09. The summed E-state index contributed by atoms with van der Waals surface area (Å²) >= 11 is 0. The zero-order valence-corrected chi connectivity index (χ0v) is 9.17. The summed E-state index contributed by atoms with van der Waals surface area (Å²) in [4.78, 5) is 0. The van der Waals surface area contributed by atoms with Gasteiger partial charge in [-0.1, -0.05) is 26.2 Å². The summed E-state index contributed by atoms with van der Waals surface area (Å²) in [7, 11) is 0. The van der Waals surface area contributed by atoms with Gasteiger partial charge in [-0.05, 0) is 19.3 Å². The van der Waals surface area contributed by atoms with Crippen LogP contribution in [0.25, 0.3) is 0 Å². The average molecular weight is 198 g/mol. The molecule has 0 heterocycles. The third kappa shape index (κ3) is 1.59. The molecule has 2 unspecified atom stereocenters. The third-order valence-electron chi connectivity index (χ3n) is 4.05. The number of hydrogen-bond acceptors (Lipinski definition) is 2. The zero-order chi connectivity index (χ0) is 10.0. The highest BCUT2D eigenvalue weighted by Gasteiger charge is 2.54. The predicted octanol–water partition coefficient (Wildman–Crippen LogP) is 2.50. The molecule has 2 rings (SSSR count). The molecule has 1 spiro atoms. The molecule has 0 aromatic heterocycles. The van der Waals surface area contributed by atoms with Crippen molar-refractivity contribution in [2.45, 2.75) is 64.1 Å². The quantitative estimate of drug-likeness (QED) is 0.755. The molecule has 0 saturated heterocycles. The van der Waals surface area contributed by atoms with E-state index in [1.807, 2.05) is 0 Å². The van der Waals surface area contributed by atoms with E-state index in [0.29, 0.717) is 6.10 Å². The van der Waals surface area contributed by atoms with Crippen molar-refractivity contribution in [3.05, 3.63) is 0 Å². The second-order valence-electron chi connectivity index (χ2n) is 4.90. The first-order valence-electron chi connectivity index (χ1n) is 6.09. The topological polar surface area (TPSA) is 29.5 Å². The molecule has 82 valence electrons. The SMILES string of the molecule is CCCOC1CC(O)C12CCCCC2. The molecule has 2 heteroatoms. The minimum absolute atomic E-state index is 0.0790. The van der Waals surface area contributed by atoms with Gasteiger partial charge in [0, 0.05) is 18.4 Å². The molecule has 2 aliphatic rings. The largest absolute Gasteiger partial charge is 0.392 e. The summed E-state index contributed by atoms with van der Waals surface area (Å²) in [5, 5.41) is 9.91. The first kappa shape index (κ1) is 10.4. The molecular formula is C12H22O2. The standard InChI is InChI=1S/C12H22O2/c1-2-8-14-11-9-10(13)12(11)6-4-3-5-7-12/h10-11,13H,2-9H2,1H3. The molecule has 2 fully saturated rings. The Morgan fingerprint density at radius 2 is 2.00 bits per heavy atom. The van der Waals surface area contributed by atoms with Crippen molar-refractivity contribution in [2.75, 3.05) is 6.61 Å². The van der Waals surface area contributed by atoms with Gasteiger partial charge < -0.3 is 9.84 Å². The highest BCUT2D eigenvalue weighted by Crippen LogP contribution is 2.53. The molecule has 0 aromatic carbocycles. The van der Waals surface area contributed by atoms with Crippen LogP contribution in [0.2, 0.25) is 0 Å². The Bertz CT molecular complexity index is 185. The smallest absolute Gasteiger partial charge is 0.0680 e. The average Bonchev–Trinajstić information content (AvgIpc) is 2.25. The monoisotopic (exact) mass is 198 g/mol. The zero-order valence-electron chi connectivity index (χ0n) is 9.17. The minimum Gasteiger partial charge on any atom is -0.392 e. The van der Waals surface area contributed by atoms with Gasteiger partial charge in [0.15, 0.2) is 0 Å². The summed E-state index contributed by atoms with van der Waals surface area (Å²) in [5.74, 6) is 0. The van der Waals surface area contributed by atoms with Gasteiger partial charge in [0.1, 0.15) is 0 Å². The molecule has 1 N–H and O–H groups in total. The molecule has 2 aliphatic carbocycles. The van der Waals surface area contributed by atoms with Crippen LogP contribution in [0.1, 0.15) is 51.9 Å². The predicted molar refractivity (Wildman–Crippen MR) is 56.2 cm³/mol. The van der Waals surface area contributed by atoms with Crippen LogP contribution in [0.5, 0.6) is 0 Å². The second-order valence-corrected chi connectivity index (χ2v) is 4.90. The molecule has 2 atom stereocenters. The highest BCUT2D eigenvalue weighted by atomic mass is 16.5. The lowest BCUT2D eigenvalue weighted by Crippen LogP contribution is -2.59. The molecule has 0 aliphatic heterocycles. The van der Waals surface area contributed by atoms with Gasteiger partial charge in [-0.2, -0.15) is 0 Å². The molecule has 0 amide bonds. The van der Waals surface area contributed by atoms with Gasteiger partial charge in [0.2, 0.25) is 0 Å². The lowest BCUT2D eigenvalue weighted by atomic mass is 9.56. The lowest BCUT2D eigenvalue weighted by Gasteiger charge is -2.55. The van der Waals surface area contributed by atoms with Crippen LogP contribution < -0.4 is 0 Å². The van der Waals surface area contributed by atoms with Gasteiger partial charge in [-0.25, -0.2) is 0 Å². The van der Waals surface area contributed by atoms with E-state index < -0.39 is 0 Å². The summed E-state index contributed by atoms with van der Waals surface area (Å²) in [6, 6.07) is 0. The van der Waals surface area contributed by atoms with Crippen LogP contribution >= 0.6 is 0 Å². The normalized spacial score (nSPS) is 35.6. The molecule has 0 radical (unpaired) electrons. The maximum Gasteiger partial charge on any atom is 0.0680 e. The van der Waals surface area contributed by atoms with Crippen LogP contribution in [0.3, 0.4) is 0 Å². The van der Waals surface area contributed by atoms with Gasteiger partial charge in [-0.3, -0.25) is 0 Å². The molecule has 2 nitrogen and oxygen atoms in total. The summed E-state index contributed by atoms with van der Waals surface area (Å²) in [5.41, 5.74) is 0.160. The Morgan fingerprint density at radius 3 is 2.57 bits per heavy atom. The molecule has 14 heavy (non-hydrogen) atoms. The first-order valence-corrected chi connectivity index (χ1v) is 6.09. The minimum atomic E-state index is -0.0790. The molecule has 2 saturated carbocycles. The van der Waals surface area contributed by atoms with Gasteiger partial charge in [-0.15, -0.1) is 0 Å². The van der Waals surface area contributed by atoms with Crippen LogP contribution in [-0.4, -0.2) is 23.9 Å². The molecule has 0 bridgehead atoms. The van der Waals surface area contributed by atoms with Crippen LogP contribution in [0.4, 0.5) is 0 Å². The summed E-state index contributed by atoms with van der Waals surface area (Å²) in [6.45, 7) is 3.00. The Hall–Kier alpha value is -0.0800. The van der Waals surface area contributed by atoms with E-state index in [4.69, 9.17) is 4.74 Å². The Labute approximate surface area is 86.6 Å². The summed E-state index contributed by atoms with van der Waals surface area (Å²) < 4.78 is 5.83.